The number of thiophene rings is 2. The first-order valence-corrected chi connectivity index (χ1v) is 45.6. The lowest BCUT2D eigenvalue weighted by Gasteiger charge is -2.48. The first-order valence-electron chi connectivity index (χ1n) is 43.1. The molecule has 0 radical (unpaired) electrons. The van der Waals surface area contributed by atoms with Gasteiger partial charge in [-0.25, -0.2) is 0 Å². The fourth-order valence-corrected chi connectivity index (χ4v) is 25.1. The summed E-state index contributed by atoms with van der Waals surface area (Å²) in [6.07, 6.45) is 0. The average Bonchev–Trinajstić information content (AvgIpc) is 0.946. The summed E-state index contributed by atoms with van der Waals surface area (Å²) in [4.78, 5) is 23.1. The van der Waals surface area contributed by atoms with Crippen LogP contribution in [0, 0.1) is 0 Å². The fraction of sp³-hybridized carbons (Fsp3) is 0. The molecule has 2 aromatic heterocycles. The minimum Gasteiger partial charge on any atom is -0.311 e. The molecule has 0 saturated carbocycles. The number of rotatable bonds is 14. The number of anilines is 24. The van der Waals surface area contributed by atoms with Crippen LogP contribution in [-0.2, 0) is 0 Å². The van der Waals surface area contributed by atoms with Gasteiger partial charge in [0.1, 0.15) is 0 Å². The van der Waals surface area contributed by atoms with E-state index < -0.39 is 0 Å². The number of benzene rings is 18. The number of para-hydroxylation sites is 11. The summed E-state index contributed by atoms with van der Waals surface area (Å²) in [5, 5.41) is 2.51. The predicted octanol–water partition coefficient (Wildman–Crippen LogP) is 25.5. The van der Waals surface area contributed by atoms with Crippen LogP contribution in [0.15, 0.2) is 453 Å². The van der Waals surface area contributed by atoms with Crippen LogP contribution in [0.4, 0.5) is 136 Å². The number of hydrogen-bond acceptors (Lipinski definition) is 11. The van der Waals surface area contributed by atoms with E-state index in [-0.39, 0.29) is 20.1 Å². The van der Waals surface area contributed by atoms with Crippen molar-refractivity contribution in [2.45, 2.75) is 9.79 Å². The van der Waals surface area contributed by atoms with Crippen LogP contribution < -0.4 is 87.0 Å². The molecule has 8 heterocycles. The summed E-state index contributed by atoms with van der Waals surface area (Å²) < 4.78 is 5.20. The van der Waals surface area contributed by atoms with E-state index in [0.29, 0.717) is 0 Å². The minimum atomic E-state index is -0.366. The third-order valence-electron chi connectivity index (χ3n) is 26.0. The Labute approximate surface area is 745 Å². The SMILES string of the molecule is c1ccc(N(c2ccccc2)c2cc3c4c(c2)N(c2ccccc2)c2cc5c(cc2B4c2sc4ccccc4c2S3)B2c3cc4c(cc3N(c3ccccc3)c3cc(N(c6ccccc6)c6ccccc6)cc(c32)N5c2ccccc2)N(c2ccccc2)c2cc(N(c3ccccc3)c3ccccc3)cc3c2B4c2sc4ccccc4c2N3c2ccccc2)cc1. The molecule has 0 fully saturated rings. The highest BCUT2D eigenvalue weighted by Gasteiger charge is 2.52. The third-order valence-corrected chi connectivity index (χ3v) is 29.8. The lowest BCUT2D eigenvalue weighted by atomic mass is 9.30. The van der Waals surface area contributed by atoms with Crippen LogP contribution in [0.1, 0.15) is 0 Å². The Hall–Kier alpha value is -15.2. The molecular formula is C112H73B3N8S3. The minimum absolute atomic E-state index is 0.175. The predicted molar refractivity (Wildman–Crippen MR) is 539 cm³/mol. The summed E-state index contributed by atoms with van der Waals surface area (Å²) >= 11 is 5.85. The molecule has 0 saturated heterocycles. The van der Waals surface area contributed by atoms with Crippen molar-refractivity contribution in [1.29, 1.82) is 0 Å². The first kappa shape index (κ1) is 72.5. The Bertz CT molecular complexity index is 7550. The molecular weight excluding hydrogens is 1590 g/mol. The van der Waals surface area contributed by atoms with E-state index in [2.05, 4.69) is 482 Å². The molecule has 0 aliphatic carbocycles. The van der Waals surface area contributed by atoms with Gasteiger partial charge in [0.25, 0.3) is 20.1 Å². The van der Waals surface area contributed by atoms with Crippen LogP contribution in [0.25, 0.3) is 20.2 Å². The second kappa shape index (κ2) is 29.3. The van der Waals surface area contributed by atoms with Gasteiger partial charge in [0.05, 0.1) is 17.1 Å². The van der Waals surface area contributed by atoms with Crippen molar-refractivity contribution < 1.29 is 0 Å². The molecule has 8 nitrogen and oxygen atoms in total. The molecule has 18 aromatic carbocycles. The summed E-state index contributed by atoms with van der Waals surface area (Å²) in [6.45, 7) is -0.795. The van der Waals surface area contributed by atoms with Crippen molar-refractivity contribution in [3.05, 3.63) is 443 Å². The highest BCUT2D eigenvalue weighted by molar-refractivity contribution is 8.00. The highest BCUT2D eigenvalue weighted by atomic mass is 32.2. The maximum atomic E-state index is 2.72. The van der Waals surface area contributed by atoms with E-state index >= 15 is 0 Å². The number of fused-ring (bicyclic) bond motifs is 16. The van der Waals surface area contributed by atoms with Gasteiger partial charge in [-0.2, -0.15) is 0 Å². The zero-order valence-corrected chi connectivity index (χ0v) is 70.6. The van der Waals surface area contributed by atoms with Crippen molar-refractivity contribution in [2.75, 3.05) is 39.2 Å². The van der Waals surface area contributed by atoms with E-state index in [0.717, 1.165) is 131 Å². The van der Waals surface area contributed by atoms with Gasteiger partial charge in [-0.3, -0.25) is 0 Å². The standard InChI is InChI=1S/C112H73B3N8S3/c1-12-38-74(39-13-1)116(75-40-14-2-15-41-75)85-64-98-106-99(65-85)120(81-52-26-8-27-53-81)95-73-97-93(115-108-102(122(97)83-56-30-10-31-57-83)68-87(118(78-46-20-5-21-47-78)79-48-22-6-23-49-79)69-105(108)124-110-89-61-35-37-63-104(89)126-112(110)115)71-91(95)113(106)90-70-92-96(72-94(90)119(98)80-50-24-7-25-51-80)121(82-54-28-9-29-55-82)100-66-86(117(76-42-16-3-17-43-76)77-44-18-4-19-45-77)67-101-107(100)114(92)111-109(88-60-34-36-62-103(88)125-111)123(101)84-58-32-11-33-59-84/h1-73H. The van der Waals surface area contributed by atoms with Crippen LogP contribution in [-0.4, -0.2) is 20.1 Å². The Morgan fingerprint density at radius 2 is 0.460 bits per heavy atom. The van der Waals surface area contributed by atoms with Gasteiger partial charge in [0, 0.05) is 154 Å². The van der Waals surface area contributed by atoms with Crippen molar-refractivity contribution in [2.24, 2.45) is 0 Å². The molecule has 6 aliphatic rings. The Morgan fingerprint density at radius 3 is 0.825 bits per heavy atom. The van der Waals surface area contributed by atoms with Gasteiger partial charge in [0.2, 0.25) is 0 Å². The molecule has 0 bridgehead atoms. The quantitative estimate of drug-likeness (QED) is 0.0987. The van der Waals surface area contributed by atoms with Gasteiger partial charge >= 0.3 is 0 Å². The number of hydrogen-bond donors (Lipinski definition) is 0. The highest BCUT2D eigenvalue weighted by Crippen LogP contribution is 2.57. The monoisotopic (exact) mass is 1660 g/mol. The largest absolute Gasteiger partial charge is 0.311 e. The smallest absolute Gasteiger partial charge is 0.264 e. The first-order chi connectivity index (χ1) is 62.6. The molecule has 0 unspecified atom stereocenters. The van der Waals surface area contributed by atoms with Gasteiger partial charge in [-0.05, 0) is 237 Å². The topological polar surface area (TPSA) is 25.9 Å². The van der Waals surface area contributed by atoms with Crippen molar-refractivity contribution in [3.63, 3.8) is 0 Å². The maximum Gasteiger partial charge on any atom is 0.264 e. The molecule has 0 atom stereocenters. The van der Waals surface area contributed by atoms with E-state index in [1.807, 2.05) is 34.4 Å². The molecule has 0 N–H and O–H groups in total. The Kier molecular flexibility index (Phi) is 16.8. The van der Waals surface area contributed by atoms with Gasteiger partial charge < -0.3 is 39.2 Å². The van der Waals surface area contributed by atoms with Crippen LogP contribution >= 0.6 is 34.4 Å². The van der Waals surface area contributed by atoms with Crippen LogP contribution in [0.3, 0.4) is 0 Å². The maximum absolute atomic E-state index is 2.72. The van der Waals surface area contributed by atoms with Gasteiger partial charge in [0.15, 0.2) is 0 Å². The molecule has 0 spiro atoms. The average molecular weight is 1660 g/mol. The molecule has 14 heteroatoms. The van der Waals surface area contributed by atoms with Crippen molar-refractivity contribution in [1.82, 2.24) is 0 Å². The second-order valence-corrected chi connectivity index (χ2v) is 36.2. The summed E-state index contributed by atoms with van der Waals surface area (Å²) in [5.74, 6) is 0. The molecule has 20 aromatic rings. The molecule has 26 rings (SSSR count). The summed E-state index contributed by atoms with van der Waals surface area (Å²) in [6, 6.07) is 166. The molecule has 588 valence electrons. The van der Waals surface area contributed by atoms with Crippen LogP contribution in [0.5, 0.6) is 0 Å². The zero-order valence-electron chi connectivity index (χ0n) is 68.2. The van der Waals surface area contributed by atoms with E-state index in [1.165, 1.54) is 83.4 Å². The van der Waals surface area contributed by atoms with E-state index in [9.17, 15) is 0 Å². The van der Waals surface area contributed by atoms with Crippen LogP contribution in [0.2, 0.25) is 0 Å². The molecule has 126 heavy (non-hydrogen) atoms. The van der Waals surface area contributed by atoms with Gasteiger partial charge in [-0.15, -0.1) is 22.7 Å². The van der Waals surface area contributed by atoms with Crippen molar-refractivity contribution >= 4 is 259 Å². The number of nitrogens with zero attached hydrogens (tertiary/aromatic N) is 8. The fourth-order valence-electron chi connectivity index (χ4n) is 21.0. The Balaban J connectivity index is 0.808. The summed E-state index contributed by atoms with van der Waals surface area (Å²) in [7, 11) is 0. The summed E-state index contributed by atoms with van der Waals surface area (Å²) in [5.41, 5.74) is 34.9. The zero-order chi connectivity index (χ0) is 82.6. The van der Waals surface area contributed by atoms with E-state index in [4.69, 9.17) is 0 Å². The lowest BCUT2D eigenvalue weighted by molar-refractivity contribution is 1.21. The molecule has 0 amide bonds. The lowest BCUT2D eigenvalue weighted by Crippen LogP contribution is -2.66. The second-order valence-electron chi connectivity index (χ2n) is 33.0. The normalized spacial score (nSPS) is 13.2. The van der Waals surface area contributed by atoms with Gasteiger partial charge in [-0.1, -0.05) is 260 Å². The molecule has 6 aliphatic heterocycles. The Morgan fingerprint density at radius 1 is 0.198 bits per heavy atom. The van der Waals surface area contributed by atoms with Crippen molar-refractivity contribution in [3.8, 4) is 0 Å². The third kappa shape index (κ3) is 11.3. The van der Waals surface area contributed by atoms with E-state index in [1.54, 1.807) is 0 Å².